The van der Waals surface area contributed by atoms with Crippen molar-refractivity contribution in [2.24, 2.45) is 5.73 Å². The topological polar surface area (TPSA) is 72.9 Å². The molecule has 0 aliphatic carbocycles. The van der Waals surface area contributed by atoms with Crippen LogP contribution in [-0.2, 0) is 0 Å². The van der Waals surface area contributed by atoms with E-state index in [-0.39, 0.29) is 18.3 Å². The summed E-state index contributed by atoms with van der Waals surface area (Å²) in [4.78, 5) is 12.1. The summed E-state index contributed by atoms with van der Waals surface area (Å²) in [6, 6.07) is 7.80. The number of unbranched alkanes of at least 4 members (excludes halogenated alkanes) is 1. The Morgan fingerprint density at radius 2 is 2.00 bits per heavy atom. The van der Waals surface area contributed by atoms with Gasteiger partial charge in [0, 0.05) is 11.0 Å². The Morgan fingerprint density at radius 3 is 2.64 bits per heavy atom. The summed E-state index contributed by atoms with van der Waals surface area (Å²) in [6.45, 7) is 3.18. The maximum absolute atomic E-state index is 12.1. The number of aromatic nitrogens is 2. The van der Waals surface area contributed by atoms with Crippen LogP contribution in [0.5, 0.6) is 0 Å². The number of carbonyl (C=O) groups is 1. The zero-order chi connectivity index (χ0) is 15.2. The van der Waals surface area contributed by atoms with E-state index in [4.69, 9.17) is 5.73 Å². The molecule has 0 unspecified atom stereocenters. The van der Waals surface area contributed by atoms with Crippen molar-refractivity contribution in [3.63, 3.8) is 0 Å². The fraction of sp³-hybridized carbons (Fsp3) is 0.333. The van der Waals surface area contributed by atoms with Gasteiger partial charge >= 0.3 is 0 Å². The van der Waals surface area contributed by atoms with Crippen molar-refractivity contribution in [1.29, 1.82) is 0 Å². The molecule has 0 fully saturated rings. The van der Waals surface area contributed by atoms with Gasteiger partial charge in [0.05, 0.1) is 23.1 Å². The lowest BCUT2D eigenvalue weighted by Crippen LogP contribution is -2.25. The van der Waals surface area contributed by atoms with E-state index in [2.05, 4.69) is 26.3 Å². The average Bonchev–Trinajstić information content (AvgIpc) is 2.86. The molecular formula is C15H20BrClN4O. The summed E-state index contributed by atoms with van der Waals surface area (Å²) in [5, 5.41) is 7.19. The molecule has 3 N–H and O–H groups in total. The van der Waals surface area contributed by atoms with Gasteiger partial charge in [-0.1, -0.05) is 15.9 Å². The first-order valence-corrected chi connectivity index (χ1v) is 7.71. The molecule has 1 heterocycles. The second-order valence-electron chi connectivity index (χ2n) is 4.78. The predicted molar refractivity (Wildman–Crippen MR) is 93.9 cm³/mol. The van der Waals surface area contributed by atoms with Gasteiger partial charge < -0.3 is 11.1 Å². The molecule has 0 spiro atoms. The Labute approximate surface area is 144 Å². The number of nitrogens with two attached hydrogens (primary N) is 1. The summed E-state index contributed by atoms with van der Waals surface area (Å²) in [6.07, 6.45) is 3.41. The van der Waals surface area contributed by atoms with Crippen molar-refractivity contribution in [2.45, 2.75) is 19.8 Å². The van der Waals surface area contributed by atoms with Crippen LogP contribution in [0.2, 0.25) is 0 Å². The third-order valence-corrected chi connectivity index (χ3v) is 3.77. The molecule has 7 heteroatoms. The quantitative estimate of drug-likeness (QED) is 0.749. The van der Waals surface area contributed by atoms with E-state index in [1.54, 1.807) is 10.9 Å². The standard InChI is InChI=1S/C15H19BrN4O.ClH/c1-11-14(15(21)18-9-3-2-8-17)10-19-20(11)13-6-4-12(16)5-7-13;/h4-7,10H,2-3,8-9,17H2,1H3,(H,18,21);1H. The first kappa shape index (κ1) is 18.7. The van der Waals surface area contributed by atoms with E-state index in [1.165, 1.54) is 0 Å². The minimum absolute atomic E-state index is 0. The molecule has 22 heavy (non-hydrogen) atoms. The van der Waals surface area contributed by atoms with Gasteiger partial charge in [-0.15, -0.1) is 12.4 Å². The maximum Gasteiger partial charge on any atom is 0.254 e. The van der Waals surface area contributed by atoms with Crippen LogP contribution in [0.4, 0.5) is 0 Å². The summed E-state index contributed by atoms with van der Waals surface area (Å²) < 4.78 is 2.77. The smallest absolute Gasteiger partial charge is 0.254 e. The highest BCUT2D eigenvalue weighted by molar-refractivity contribution is 9.10. The third-order valence-electron chi connectivity index (χ3n) is 3.24. The van der Waals surface area contributed by atoms with Crippen LogP contribution in [0.1, 0.15) is 28.9 Å². The summed E-state index contributed by atoms with van der Waals surface area (Å²) >= 11 is 3.40. The van der Waals surface area contributed by atoms with Gasteiger partial charge in [0.25, 0.3) is 5.91 Å². The lowest BCUT2D eigenvalue weighted by atomic mass is 10.2. The molecule has 2 aromatic rings. The Kier molecular flexibility index (Phi) is 7.58. The van der Waals surface area contributed by atoms with Crippen LogP contribution in [-0.4, -0.2) is 28.8 Å². The Bertz CT molecular complexity index is 613. The van der Waals surface area contributed by atoms with Crippen molar-refractivity contribution in [3.8, 4) is 5.69 Å². The molecule has 120 valence electrons. The number of hydrogen-bond acceptors (Lipinski definition) is 3. The minimum atomic E-state index is -0.0899. The molecule has 1 amide bonds. The van der Waals surface area contributed by atoms with Crippen LogP contribution in [0, 0.1) is 6.92 Å². The van der Waals surface area contributed by atoms with Gasteiger partial charge in [0.1, 0.15) is 0 Å². The molecule has 2 rings (SSSR count). The molecule has 0 aliphatic heterocycles. The summed E-state index contributed by atoms with van der Waals surface area (Å²) in [7, 11) is 0. The van der Waals surface area contributed by atoms with Crippen LogP contribution in [0.15, 0.2) is 34.9 Å². The number of hydrogen-bond donors (Lipinski definition) is 2. The van der Waals surface area contributed by atoms with E-state index in [1.807, 2.05) is 31.2 Å². The molecule has 0 aliphatic rings. The van der Waals surface area contributed by atoms with Crippen LogP contribution >= 0.6 is 28.3 Å². The van der Waals surface area contributed by atoms with E-state index >= 15 is 0 Å². The minimum Gasteiger partial charge on any atom is -0.352 e. The van der Waals surface area contributed by atoms with Gasteiger partial charge in [-0.05, 0) is 50.6 Å². The van der Waals surface area contributed by atoms with Gasteiger partial charge in [0.2, 0.25) is 0 Å². The Morgan fingerprint density at radius 1 is 1.32 bits per heavy atom. The lowest BCUT2D eigenvalue weighted by molar-refractivity contribution is 0.0952. The van der Waals surface area contributed by atoms with E-state index in [0.29, 0.717) is 18.7 Å². The molecule has 0 bridgehead atoms. The maximum atomic E-state index is 12.1. The van der Waals surface area contributed by atoms with Gasteiger partial charge in [-0.25, -0.2) is 4.68 Å². The predicted octanol–water partition coefficient (Wildman–Crippen LogP) is 2.83. The van der Waals surface area contributed by atoms with Crippen molar-refractivity contribution in [2.75, 3.05) is 13.1 Å². The normalized spacial score (nSPS) is 10.1. The zero-order valence-electron chi connectivity index (χ0n) is 12.4. The monoisotopic (exact) mass is 386 g/mol. The highest BCUT2D eigenvalue weighted by atomic mass is 79.9. The van der Waals surface area contributed by atoms with Crippen LogP contribution in [0.3, 0.4) is 0 Å². The van der Waals surface area contributed by atoms with Crippen LogP contribution in [0.25, 0.3) is 5.69 Å². The molecule has 0 atom stereocenters. The van der Waals surface area contributed by atoms with Gasteiger partial charge in [-0.2, -0.15) is 5.10 Å². The van der Waals surface area contributed by atoms with E-state index in [0.717, 1.165) is 28.7 Å². The van der Waals surface area contributed by atoms with Crippen molar-refractivity contribution < 1.29 is 4.79 Å². The Hall–Kier alpha value is -1.37. The van der Waals surface area contributed by atoms with Crippen molar-refractivity contribution in [1.82, 2.24) is 15.1 Å². The van der Waals surface area contributed by atoms with Gasteiger partial charge in [0.15, 0.2) is 0 Å². The highest BCUT2D eigenvalue weighted by Gasteiger charge is 2.14. The Balaban J connectivity index is 0.00000242. The second kappa shape index (κ2) is 8.92. The number of nitrogens with zero attached hydrogens (tertiary/aromatic N) is 2. The number of nitrogens with one attached hydrogen (secondary N) is 1. The largest absolute Gasteiger partial charge is 0.352 e. The number of carbonyl (C=O) groups excluding carboxylic acids is 1. The molecule has 0 saturated carbocycles. The number of amides is 1. The van der Waals surface area contributed by atoms with E-state index in [9.17, 15) is 4.79 Å². The molecule has 5 nitrogen and oxygen atoms in total. The fourth-order valence-corrected chi connectivity index (χ4v) is 2.31. The summed E-state index contributed by atoms with van der Waals surface area (Å²) in [5.41, 5.74) is 7.79. The fourth-order valence-electron chi connectivity index (χ4n) is 2.04. The first-order chi connectivity index (χ1) is 10.1. The lowest BCUT2D eigenvalue weighted by Gasteiger charge is -2.06. The molecule has 0 radical (unpaired) electrons. The van der Waals surface area contributed by atoms with Gasteiger partial charge in [-0.3, -0.25) is 4.79 Å². The molecule has 1 aromatic heterocycles. The average molecular weight is 388 g/mol. The first-order valence-electron chi connectivity index (χ1n) is 6.92. The van der Waals surface area contributed by atoms with E-state index < -0.39 is 0 Å². The van der Waals surface area contributed by atoms with Crippen LogP contribution < -0.4 is 11.1 Å². The van der Waals surface area contributed by atoms with Crippen molar-refractivity contribution >= 4 is 34.2 Å². The zero-order valence-corrected chi connectivity index (χ0v) is 14.8. The molecule has 0 saturated heterocycles. The molecule has 1 aromatic carbocycles. The summed E-state index contributed by atoms with van der Waals surface area (Å²) in [5.74, 6) is -0.0899. The number of benzene rings is 1. The molecular weight excluding hydrogens is 368 g/mol. The second-order valence-corrected chi connectivity index (χ2v) is 5.70. The third kappa shape index (κ3) is 4.56. The highest BCUT2D eigenvalue weighted by Crippen LogP contribution is 2.17. The SMILES string of the molecule is Cc1c(C(=O)NCCCCN)cnn1-c1ccc(Br)cc1.Cl. The number of halogens is 2. The number of rotatable bonds is 6. The van der Waals surface area contributed by atoms with Crippen molar-refractivity contribution in [3.05, 3.63) is 46.2 Å².